The molecule has 0 atom stereocenters. The lowest BCUT2D eigenvalue weighted by molar-refractivity contribution is 0.0139. The normalized spacial score (nSPS) is 15.7. The van der Waals surface area contributed by atoms with Crippen molar-refractivity contribution < 1.29 is 26.0 Å². The molecule has 1 saturated heterocycles. The van der Waals surface area contributed by atoms with E-state index in [0.717, 1.165) is 11.1 Å². The Bertz CT molecular complexity index is 924. The van der Waals surface area contributed by atoms with Crippen LogP contribution in [0.25, 0.3) is 0 Å². The van der Waals surface area contributed by atoms with Crippen molar-refractivity contribution in [2.75, 3.05) is 26.2 Å². The van der Waals surface area contributed by atoms with Gasteiger partial charge in [-0.2, -0.15) is 8.42 Å². The second-order valence-electron chi connectivity index (χ2n) is 8.02. The molecule has 9 heteroatoms. The maximum atomic E-state index is 13.1. The van der Waals surface area contributed by atoms with Crippen LogP contribution in [0.5, 0.6) is 5.75 Å². The summed E-state index contributed by atoms with van der Waals surface area (Å²) in [5.41, 5.74) is 1.88. The Morgan fingerprint density at radius 1 is 1.21 bits per heavy atom. The second-order valence-corrected chi connectivity index (χ2v) is 8.98. The minimum Gasteiger partial charge on any atom is -0.444 e. The highest BCUT2D eigenvalue weighted by Gasteiger charge is 2.26. The molecule has 29 heavy (non-hydrogen) atoms. The summed E-state index contributed by atoms with van der Waals surface area (Å²) < 4.78 is 44.8. The van der Waals surface area contributed by atoms with Crippen molar-refractivity contribution in [2.24, 2.45) is 0 Å². The highest BCUT2D eigenvalue weighted by Crippen LogP contribution is 2.30. The molecule has 0 N–H and O–H groups in total. The molecule has 1 aromatic rings. The van der Waals surface area contributed by atoms with Crippen LogP contribution in [0.4, 0.5) is 8.68 Å². The van der Waals surface area contributed by atoms with E-state index in [-0.39, 0.29) is 11.8 Å². The SMILES string of the molecule is C#Cc1c(C)c(CN2CCN(C(=O)OC(C)(C)C)CC2)cc(OS(=O)(=O)F)c1C. The quantitative estimate of drug-likeness (QED) is 0.544. The number of hydrogen-bond acceptors (Lipinski definition) is 6. The van der Waals surface area contributed by atoms with E-state index in [1.807, 2.05) is 27.7 Å². The molecule has 7 nitrogen and oxygen atoms in total. The zero-order valence-corrected chi connectivity index (χ0v) is 18.2. The van der Waals surface area contributed by atoms with E-state index >= 15 is 0 Å². The first-order chi connectivity index (χ1) is 13.3. The Labute approximate surface area is 172 Å². The fraction of sp³-hybridized carbons (Fsp3) is 0.550. The Kier molecular flexibility index (Phi) is 6.81. The summed E-state index contributed by atoms with van der Waals surface area (Å²) in [6.07, 6.45) is 5.22. The third-order valence-electron chi connectivity index (χ3n) is 4.66. The Balaban J connectivity index is 2.14. The molecule has 1 aliphatic rings. The topological polar surface area (TPSA) is 76.2 Å². The molecule has 1 aliphatic heterocycles. The first-order valence-corrected chi connectivity index (χ1v) is 10.6. The van der Waals surface area contributed by atoms with Gasteiger partial charge >= 0.3 is 16.6 Å². The van der Waals surface area contributed by atoms with Crippen LogP contribution >= 0.6 is 0 Å². The number of rotatable bonds is 4. The maximum Gasteiger partial charge on any atom is 0.488 e. The third kappa shape index (κ3) is 6.34. The summed E-state index contributed by atoms with van der Waals surface area (Å²) >= 11 is 0. The van der Waals surface area contributed by atoms with Crippen LogP contribution in [-0.4, -0.2) is 56.1 Å². The second kappa shape index (κ2) is 8.59. The number of piperazine rings is 1. The van der Waals surface area contributed by atoms with Crippen LogP contribution in [0.3, 0.4) is 0 Å². The van der Waals surface area contributed by atoms with Crippen molar-refractivity contribution >= 4 is 16.6 Å². The fourth-order valence-electron chi connectivity index (χ4n) is 3.17. The smallest absolute Gasteiger partial charge is 0.444 e. The number of halogens is 1. The number of ether oxygens (including phenoxy) is 1. The van der Waals surface area contributed by atoms with Gasteiger partial charge in [0.15, 0.2) is 0 Å². The lowest BCUT2D eigenvalue weighted by atomic mass is 9.96. The van der Waals surface area contributed by atoms with Gasteiger partial charge in [0.25, 0.3) is 0 Å². The number of terminal acetylenes is 1. The maximum absolute atomic E-state index is 13.1. The predicted molar refractivity (Wildman–Crippen MR) is 108 cm³/mol. The van der Waals surface area contributed by atoms with Gasteiger partial charge in [-0.25, -0.2) is 4.79 Å². The Morgan fingerprint density at radius 3 is 2.28 bits per heavy atom. The number of hydrogen-bond donors (Lipinski definition) is 0. The third-order valence-corrected chi connectivity index (χ3v) is 5.04. The monoisotopic (exact) mass is 426 g/mol. The zero-order valence-electron chi connectivity index (χ0n) is 17.4. The van der Waals surface area contributed by atoms with Crippen molar-refractivity contribution in [2.45, 2.75) is 46.8 Å². The summed E-state index contributed by atoms with van der Waals surface area (Å²) in [5, 5.41) is 0. The van der Waals surface area contributed by atoms with Crippen LogP contribution in [0.1, 0.15) is 43.0 Å². The zero-order chi connectivity index (χ0) is 22.0. The molecule has 0 radical (unpaired) electrons. The van der Waals surface area contributed by atoms with E-state index in [0.29, 0.717) is 43.9 Å². The highest BCUT2D eigenvalue weighted by atomic mass is 32.3. The summed E-state index contributed by atoms with van der Waals surface area (Å²) in [6.45, 7) is 11.6. The van der Waals surface area contributed by atoms with Gasteiger partial charge < -0.3 is 13.8 Å². The molecule has 2 rings (SSSR count). The van der Waals surface area contributed by atoms with E-state index in [4.69, 9.17) is 11.2 Å². The van der Waals surface area contributed by atoms with Crippen molar-refractivity contribution in [3.8, 4) is 18.1 Å². The number of amides is 1. The number of benzene rings is 1. The van der Waals surface area contributed by atoms with Crippen LogP contribution in [0.15, 0.2) is 6.07 Å². The summed E-state index contributed by atoms with van der Waals surface area (Å²) in [5.74, 6) is 2.41. The van der Waals surface area contributed by atoms with Crippen LogP contribution in [0.2, 0.25) is 0 Å². The van der Waals surface area contributed by atoms with E-state index in [1.54, 1.807) is 11.8 Å². The molecule has 1 aromatic carbocycles. The molecule has 1 fully saturated rings. The average molecular weight is 427 g/mol. The molecule has 0 unspecified atom stereocenters. The van der Waals surface area contributed by atoms with Gasteiger partial charge in [-0.15, -0.1) is 6.42 Å². The van der Waals surface area contributed by atoms with Crippen LogP contribution < -0.4 is 4.18 Å². The van der Waals surface area contributed by atoms with Crippen molar-refractivity contribution in [1.82, 2.24) is 9.80 Å². The van der Waals surface area contributed by atoms with Gasteiger partial charge in [-0.1, -0.05) is 9.81 Å². The molecular weight excluding hydrogens is 399 g/mol. The molecular formula is C20H27FN2O5S. The van der Waals surface area contributed by atoms with E-state index < -0.39 is 16.1 Å². The average Bonchev–Trinajstić information content (AvgIpc) is 2.57. The molecule has 0 saturated carbocycles. The first-order valence-electron chi connectivity index (χ1n) is 9.25. The number of nitrogens with zero attached hydrogens (tertiary/aromatic N) is 2. The largest absolute Gasteiger partial charge is 0.488 e. The van der Waals surface area contributed by atoms with E-state index in [9.17, 15) is 17.1 Å². The molecule has 160 valence electrons. The van der Waals surface area contributed by atoms with Crippen LogP contribution in [0, 0.1) is 26.2 Å². The molecule has 1 heterocycles. The van der Waals surface area contributed by atoms with Crippen molar-refractivity contribution in [3.63, 3.8) is 0 Å². The summed E-state index contributed by atoms with van der Waals surface area (Å²) in [4.78, 5) is 15.9. The predicted octanol–water partition coefficient (Wildman–Crippen LogP) is 2.93. The molecule has 0 bridgehead atoms. The number of carbonyl (C=O) groups excluding carboxylic acids is 1. The Morgan fingerprint density at radius 2 is 1.79 bits per heavy atom. The molecule has 0 spiro atoms. The first kappa shape index (κ1) is 23.0. The van der Waals surface area contributed by atoms with Gasteiger partial charge in [0.1, 0.15) is 11.4 Å². The minimum absolute atomic E-state index is 0.117. The van der Waals surface area contributed by atoms with Gasteiger partial charge in [-0.05, 0) is 51.8 Å². The summed E-state index contributed by atoms with van der Waals surface area (Å²) in [7, 11) is -5.16. The minimum atomic E-state index is -5.16. The van der Waals surface area contributed by atoms with Gasteiger partial charge in [-0.3, -0.25) is 4.90 Å². The standard InChI is InChI=1S/C20H27FN2O5S/c1-7-17-14(2)16(12-18(15(17)3)28-29(21,25)26)13-22-8-10-23(11-9-22)19(24)27-20(4,5)6/h1,12H,8-11,13H2,2-6H3. The Hall–Kier alpha value is -2.31. The lowest BCUT2D eigenvalue weighted by Crippen LogP contribution is -2.49. The van der Waals surface area contributed by atoms with Gasteiger partial charge in [0, 0.05) is 43.9 Å². The lowest BCUT2D eigenvalue weighted by Gasteiger charge is -2.36. The number of carbonyl (C=O) groups is 1. The molecule has 0 aromatic heterocycles. The highest BCUT2D eigenvalue weighted by molar-refractivity contribution is 7.81. The van der Waals surface area contributed by atoms with E-state index in [2.05, 4.69) is 15.0 Å². The van der Waals surface area contributed by atoms with Crippen LogP contribution in [-0.2, 0) is 21.8 Å². The summed E-state index contributed by atoms with van der Waals surface area (Å²) in [6, 6.07) is 1.50. The van der Waals surface area contributed by atoms with Crippen molar-refractivity contribution in [1.29, 1.82) is 0 Å². The molecule has 1 amide bonds. The van der Waals surface area contributed by atoms with Crippen molar-refractivity contribution in [3.05, 3.63) is 28.3 Å². The van der Waals surface area contributed by atoms with Gasteiger partial charge in [0.05, 0.1) is 0 Å². The van der Waals surface area contributed by atoms with E-state index in [1.165, 1.54) is 6.07 Å². The molecule has 0 aliphatic carbocycles. The fourth-order valence-corrected chi connectivity index (χ4v) is 3.56. The van der Waals surface area contributed by atoms with Gasteiger partial charge in [0.2, 0.25) is 0 Å².